The van der Waals surface area contributed by atoms with Crippen molar-refractivity contribution in [3.05, 3.63) is 137 Å². The highest BCUT2D eigenvalue weighted by molar-refractivity contribution is 8.00. The number of benzene rings is 3. The Labute approximate surface area is 345 Å². The molecule has 0 saturated carbocycles. The van der Waals surface area contributed by atoms with Gasteiger partial charge in [-0.2, -0.15) is 10.4 Å². The number of esters is 2. The fourth-order valence-corrected chi connectivity index (χ4v) is 8.10. The molecule has 0 radical (unpaired) electrons. The minimum absolute atomic E-state index is 0.0838. The van der Waals surface area contributed by atoms with Crippen LogP contribution in [0.25, 0.3) is 6.08 Å². The summed E-state index contributed by atoms with van der Waals surface area (Å²) in [6.07, 6.45) is 8.70. The Balaban J connectivity index is 1.17. The zero-order chi connectivity index (χ0) is 41.8. The zero-order valence-corrected chi connectivity index (χ0v) is 33.5. The molecule has 59 heavy (non-hydrogen) atoms. The fraction of sp³-hybridized carbons (Fsp3) is 0.372. The fourth-order valence-electron chi connectivity index (χ4n) is 6.74. The number of piperazine rings is 1. The summed E-state index contributed by atoms with van der Waals surface area (Å²) >= 11 is 1.33. The summed E-state index contributed by atoms with van der Waals surface area (Å²) in [6.45, 7) is 5.95. The van der Waals surface area contributed by atoms with Crippen LogP contribution in [0.1, 0.15) is 46.0 Å². The van der Waals surface area contributed by atoms with Gasteiger partial charge >= 0.3 is 11.9 Å². The highest BCUT2D eigenvalue weighted by Crippen LogP contribution is 2.42. The van der Waals surface area contributed by atoms with E-state index in [1.165, 1.54) is 47.3 Å². The lowest BCUT2D eigenvalue weighted by atomic mass is 9.89. The molecule has 3 aromatic carbocycles. The molecule has 0 bridgehead atoms. The van der Waals surface area contributed by atoms with E-state index in [0.717, 1.165) is 44.4 Å². The molecule has 0 aliphatic carbocycles. The Morgan fingerprint density at radius 3 is 2.53 bits per heavy atom. The minimum Gasteiger partial charge on any atom is -0.461 e. The topological polar surface area (TPSA) is 132 Å². The standard InChI is InChI=1S/C43H45F3N6O6S/c1-30(59-35-25-56-41(57-26-35)10-6-4-7-32-12-11-31(23-47)21-38(32)45)43(27-52-29-48-28-49-52,37-14-13-34(44)22-39(37)46)58-42(54)36-9-5-3-8-33(36)24-55-40(53)15-16-51-19-17-50(2)18-20-51/h3-14,21-22,28-30,35,41H,15-20,24-27H2,1-2H3/t30-,35-,41-,43-/m1/s1. The molecule has 16 heteroatoms. The van der Waals surface area contributed by atoms with E-state index in [0.29, 0.717) is 17.7 Å². The van der Waals surface area contributed by atoms with E-state index in [1.54, 1.807) is 55.5 Å². The number of hydrogen-bond donors (Lipinski definition) is 0. The van der Waals surface area contributed by atoms with Crippen LogP contribution in [0.4, 0.5) is 13.2 Å². The molecular formula is C43H45F3N6O6S. The van der Waals surface area contributed by atoms with Gasteiger partial charge in [0.05, 0.1) is 48.6 Å². The average Bonchev–Trinajstić information content (AvgIpc) is 3.75. The molecule has 3 heterocycles. The molecule has 12 nitrogen and oxygen atoms in total. The van der Waals surface area contributed by atoms with Crippen LogP contribution >= 0.6 is 11.8 Å². The van der Waals surface area contributed by atoms with Crippen molar-refractivity contribution < 1.29 is 41.7 Å². The Bertz CT molecular complexity index is 2150. The van der Waals surface area contributed by atoms with Crippen molar-refractivity contribution in [3.63, 3.8) is 0 Å². The van der Waals surface area contributed by atoms with Crippen LogP contribution in [0, 0.1) is 28.8 Å². The van der Waals surface area contributed by atoms with Crippen LogP contribution in [0.5, 0.6) is 0 Å². The Morgan fingerprint density at radius 2 is 1.81 bits per heavy atom. The Kier molecular flexibility index (Phi) is 15.1. The second-order valence-electron chi connectivity index (χ2n) is 14.2. The third kappa shape index (κ3) is 11.7. The third-order valence-electron chi connectivity index (χ3n) is 10.1. The molecule has 2 aliphatic rings. The number of allylic oxidation sites excluding steroid dienone is 2. The zero-order valence-electron chi connectivity index (χ0n) is 32.7. The van der Waals surface area contributed by atoms with Gasteiger partial charge in [0.15, 0.2) is 11.9 Å². The van der Waals surface area contributed by atoms with Gasteiger partial charge in [-0.25, -0.2) is 27.6 Å². The van der Waals surface area contributed by atoms with Crippen LogP contribution in [0.3, 0.4) is 0 Å². The van der Waals surface area contributed by atoms with Crippen molar-refractivity contribution in [1.82, 2.24) is 24.6 Å². The number of nitriles is 1. The molecule has 2 atom stereocenters. The van der Waals surface area contributed by atoms with Gasteiger partial charge in [0.1, 0.15) is 36.7 Å². The second-order valence-corrected chi connectivity index (χ2v) is 15.9. The van der Waals surface area contributed by atoms with Crippen molar-refractivity contribution in [2.75, 3.05) is 53.0 Å². The molecule has 0 unspecified atom stereocenters. The molecule has 0 amide bonds. The highest BCUT2D eigenvalue weighted by Gasteiger charge is 2.47. The van der Waals surface area contributed by atoms with Crippen molar-refractivity contribution >= 4 is 29.8 Å². The maximum absolute atomic E-state index is 16.0. The summed E-state index contributed by atoms with van der Waals surface area (Å²) in [5.74, 6) is -3.48. The number of likely N-dealkylation sites (N-methyl/N-ethyl adjacent to an activating group) is 1. The molecule has 1 aromatic heterocycles. The summed E-state index contributed by atoms with van der Waals surface area (Å²) < 4.78 is 70.0. The van der Waals surface area contributed by atoms with Crippen molar-refractivity contribution in [3.8, 4) is 6.07 Å². The van der Waals surface area contributed by atoms with Crippen LogP contribution in [-0.2, 0) is 42.5 Å². The first kappa shape index (κ1) is 43.3. The van der Waals surface area contributed by atoms with Crippen LogP contribution < -0.4 is 0 Å². The molecule has 4 aromatic rings. The average molecular weight is 831 g/mol. The van der Waals surface area contributed by atoms with E-state index in [2.05, 4.69) is 26.9 Å². The normalized spacial score (nSPS) is 19.3. The number of thioether (sulfide) groups is 1. The van der Waals surface area contributed by atoms with E-state index in [9.17, 15) is 18.4 Å². The predicted octanol–water partition coefficient (Wildman–Crippen LogP) is 6.13. The number of hydrogen-bond acceptors (Lipinski definition) is 12. The quantitative estimate of drug-likeness (QED) is 0.0951. The minimum atomic E-state index is -1.79. The van der Waals surface area contributed by atoms with Crippen molar-refractivity contribution in [1.29, 1.82) is 5.26 Å². The first-order chi connectivity index (χ1) is 28.5. The van der Waals surface area contributed by atoms with Crippen LogP contribution in [-0.4, -0.2) is 106 Å². The molecule has 6 rings (SSSR count). The number of rotatable bonds is 16. The number of aromatic nitrogens is 3. The molecule has 0 N–H and O–H groups in total. The summed E-state index contributed by atoms with van der Waals surface area (Å²) in [5.41, 5.74) is -0.829. The van der Waals surface area contributed by atoms with Gasteiger partial charge in [0, 0.05) is 60.7 Å². The highest BCUT2D eigenvalue weighted by atomic mass is 32.2. The maximum Gasteiger partial charge on any atom is 0.339 e. The number of halogens is 3. The van der Waals surface area contributed by atoms with Crippen molar-refractivity contribution in [2.24, 2.45) is 0 Å². The molecule has 2 fully saturated rings. The second kappa shape index (κ2) is 20.6. The Hall–Kier alpha value is -5.31. The van der Waals surface area contributed by atoms with Crippen molar-refractivity contribution in [2.45, 2.75) is 48.9 Å². The summed E-state index contributed by atoms with van der Waals surface area (Å²) in [5, 5.41) is 12.2. The van der Waals surface area contributed by atoms with Gasteiger partial charge in [0.2, 0.25) is 0 Å². The first-order valence-corrected chi connectivity index (χ1v) is 20.1. The predicted molar refractivity (Wildman–Crippen MR) is 214 cm³/mol. The molecule has 310 valence electrons. The van der Waals surface area contributed by atoms with Crippen LogP contribution in [0.2, 0.25) is 0 Å². The van der Waals surface area contributed by atoms with E-state index < -0.39 is 46.5 Å². The number of nitrogens with zero attached hydrogens (tertiary/aromatic N) is 6. The number of carbonyl (C=O) groups excluding carboxylic acids is 2. The SMILES string of the molecule is C[C@@H](S[C@H]1CO[C@H](C=CC=Cc2ccc(C#N)cc2F)OC1)[C@@](Cn1cncn1)(OC(=O)c1ccccc1COC(=O)CCN1CCN(C)CC1)c1ccc(F)cc1F. The first-order valence-electron chi connectivity index (χ1n) is 19.1. The smallest absolute Gasteiger partial charge is 0.339 e. The van der Waals surface area contributed by atoms with E-state index in [1.807, 2.05) is 6.07 Å². The molecular weight excluding hydrogens is 786 g/mol. The van der Waals surface area contributed by atoms with Gasteiger partial charge < -0.3 is 28.7 Å². The largest absolute Gasteiger partial charge is 0.461 e. The summed E-state index contributed by atoms with van der Waals surface area (Å²) in [4.78, 5) is 35.6. The van der Waals surface area contributed by atoms with Gasteiger partial charge in [-0.15, -0.1) is 11.8 Å². The maximum atomic E-state index is 16.0. The van der Waals surface area contributed by atoms with E-state index in [4.69, 9.17) is 24.2 Å². The van der Waals surface area contributed by atoms with Gasteiger partial charge in [-0.1, -0.05) is 42.5 Å². The van der Waals surface area contributed by atoms with Gasteiger partial charge in [0.25, 0.3) is 0 Å². The molecule has 2 aliphatic heterocycles. The van der Waals surface area contributed by atoms with Gasteiger partial charge in [-0.05, 0) is 50.4 Å². The third-order valence-corrected chi connectivity index (χ3v) is 11.6. The lowest BCUT2D eigenvalue weighted by molar-refractivity contribution is -0.146. The van der Waals surface area contributed by atoms with E-state index in [-0.39, 0.29) is 54.7 Å². The van der Waals surface area contributed by atoms with Crippen LogP contribution in [0.15, 0.2) is 91.5 Å². The lowest BCUT2D eigenvalue weighted by Gasteiger charge is -2.40. The Morgan fingerprint density at radius 1 is 1.03 bits per heavy atom. The van der Waals surface area contributed by atoms with Gasteiger partial charge in [-0.3, -0.25) is 4.79 Å². The summed E-state index contributed by atoms with van der Waals surface area (Å²) in [6, 6.07) is 15.8. The molecule has 0 spiro atoms. The molecule has 2 saturated heterocycles. The number of carbonyl (C=O) groups is 2. The van der Waals surface area contributed by atoms with E-state index >= 15 is 4.39 Å². The summed E-state index contributed by atoms with van der Waals surface area (Å²) in [7, 11) is 2.06. The number of ether oxygens (including phenoxy) is 4. The monoisotopic (exact) mass is 830 g/mol. The lowest BCUT2D eigenvalue weighted by Crippen LogP contribution is -2.47.